The maximum Gasteiger partial charge on any atom is 0.407 e. The second-order valence-corrected chi connectivity index (χ2v) is 6.84. The Labute approximate surface area is 120 Å². The van der Waals surface area contributed by atoms with Crippen LogP contribution in [-0.2, 0) is 4.74 Å². The molecule has 1 amide bonds. The lowest BCUT2D eigenvalue weighted by Crippen LogP contribution is -2.57. The summed E-state index contributed by atoms with van der Waals surface area (Å²) in [5.41, 5.74) is -1.42. The van der Waals surface area contributed by atoms with Crippen molar-refractivity contribution in [3.8, 4) is 0 Å². The third-order valence-corrected chi connectivity index (χ3v) is 2.51. The monoisotopic (exact) mass is 292 g/mol. The van der Waals surface area contributed by atoms with Crippen molar-refractivity contribution in [2.24, 2.45) is 5.41 Å². The number of hydrogen-bond acceptors (Lipinski definition) is 6. The van der Waals surface area contributed by atoms with E-state index in [9.17, 15) is 20.1 Å². The molecule has 20 heavy (non-hydrogen) atoms. The van der Waals surface area contributed by atoms with E-state index in [-0.39, 0.29) is 13.1 Å². The predicted octanol–water partition coefficient (Wildman–Crippen LogP) is 0.146. The number of hydrogen-bond donors (Lipinski definition) is 5. The summed E-state index contributed by atoms with van der Waals surface area (Å²) in [6.45, 7) is 10.0. The summed E-state index contributed by atoms with van der Waals surface area (Å²) in [6.07, 6.45) is -1.60. The normalized spacial score (nSPS) is 14.8. The van der Waals surface area contributed by atoms with E-state index in [1.807, 2.05) is 0 Å². The van der Waals surface area contributed by atoms with Crippen LogP contribution in [0.25, 0.3) is 0 Å². The van der Waals surface area contributed by atoms with Crippen LogP contribution in [0.15, 0.2) is 0 Å². The summed E-state index contributed by atoms with van der Waals surface area (Å²) < 4.78 is 5.01. The van der Waals surface area contributed by atoms with Crippen LogP contribution in [0, 0.1) is 5.41 Å². The minimum Gasteiger partial charge on any atom is -0.444 e. The van der Waals surface area contributed by atoms with Crippen LogP contribution in [0.2, 0.25) is 0 Å². The van der Waals surface area contributed by atoms with Gasteiger partial charge in [-0.05, 0) is 20.8 Å². The number of ether oxygens (including phenoxy) is 1. The molecule has 120 valence electrons. The molecule has 0 aliphatic carbocycles. The zero-order valence-electron chi connectivity index (χ0n) is 13.1. The lowest BCUT2D eigenvalue weighted by Gasteiger charge is -2.36. The summed E-state index contributed by atoms with van der Waals surface area (Å²) in [4.78, 5) is 11.4. The van der Waals surface area contributed by atoms with Crippen molar-refractivity contribution in [3.63, 3.8) is 0 Å². The molecule has 0 saturated carbocycles. The van der Waals surface area contributed by atoms with Gasteiger partial charge in [0.25, 0.3) is 0 Å². The number of rotatable bonds is 5. The molecule has 0 spiro atoms. The van der Waals surface area contributed by atoms with E-state index < -0.39 is 29.1 Å². The Balaban J connectivity index is 4.08. The molecule has 7 nitrogen and oxygen atoms in total. The van der Waals surface area contributed by atoms with Crippen LogP contribution in [-0.4, -0.2) is 52.1 Å². The quantitative estimate of drug-likeness (QED) is 0.461. The van der Waals surface area contributed by atoms with E-state index in [2.05, 4.69) is 10.6 Å². The Bertz CT molecular complexity index is 318. The van der Waals surface area contributed by atoms with Crippen molar-refractivity contribution in [1.29, 1.82) is 0 Å². The molecule has 0 saturated heterocycles. The molecule has 0 aliphatic rings. The Morgan fingerprint density at radius 1 is 1.10 bits per heavy atom. The van der Waals surface area contributed by atoms with Gasteiger partial charge in [0.2, 0.25) is 5.91 Å². The summed E-state index contributed by atoms with van der Waals surface area (Å²) in [7, 11) is 0. The molecule has 1 unspecified atom stereocenters. The average molecular weight is 292 g/mol. The van der Waals surface area contributed by atoms with Gasteiger partial charge in [-0.15, -0.1) is 0 Å². The molecule has 0 aliphatic heterocycles. The number of aliphatic hydroxyl groups is 3. The van der Waals surface area contributed by atoms with E-state index in [0.717, 1.165) is 0 Å². The first-order chi connectivity index (χ1) is 8.74. The molecule has 0 radical (unpaired) electrons. The third-order valence-electron chi connectivity index (χ3n) is 2.51. The number of carbonyl (C=O) groups excluding carboxylic acids is 1. The van der Waals surface area contributed by atoms with Gasteiger partial charge in [-0.1, -0.05) is 20.8 Å². The van der Waals surface area contributed by atoms with E-state index in [4.69, 9.17) is 4.74 Å². The highest BCUT2D eigenvalue weighted by atomic mass is 16.6. The second-order valence-electron chi connectivity index (χ2n) is 6.84. The molecule has 0 aromatic heterocycles. The molecule has 1 atom stereocenters. The third kappa shape index (κ3) is 7.64. The van der Waals surface area contributed by atoms with Gasteiger partial charge in [0, 0.05) is 18.5 Å². The molecule has 0 aromatic carbocycles. The van der Waals surface area contributed by atoms with E-state index in [1.165, 1.54) is 0 Å². The van der Waals surface area contributed by atoms with Crippen molar-refractivity contribution in [2.45, 2.75) is 59.2 Å². The number of aliphatic hydroxyl groups excluding tert-OH is 1. The van der Waals surface area contributed by atoms with Crippen molar-refractivity contribution in [3.05, 3.63) is 0 Å². The Kier molecular flexibility index (Phi) is 6.41. The highest BCUT2D eigenvalue weighted by Gasteiger charge is 2.38. The minimum absolute atomic E-state index is 0.0534. The lowest BCUT2D eigenvalue weighted by atomic mass is 9.91. The fourth-order valence-corrected chi connectivity index (χ4v) is 1.11. The van der Waals surface area contributed by atoms with E-state index in [1.54, 1.807) is 41.5 Å². The van der Waals surface area contributed by atoms with Crippen LogP contribution in [0.5, 0.6) is 0 Å². The molecule has 0 rings (SSSR count). The zero-order valence-corrected chi connectivity index (χ0v) is 13.1. The number of amides is 1. The molecular weight excluding hydrogens is 264 g/mol. The smallest absolute Gasteiger partial charge is 0.407 e. The van der Waals surface area contributed by atoms with Crippen molar-refractivity contribution in [1.82, 2.24) is 10.6 Å². The molecule has 0 bridgehead atoms. The molecule has 0 aromatic rings. The minimum atomic E-state index is -2.11. The summed E-state index contributed by atoms with van der Waals surface area (Å²) in [5.74, 6) is -2.11. The number of alkyl carbamates (subject to hydrolysis) is 1. The van der Waals surface area contributed by atoms with E-state index >= 15 is 0 Å². The summed E-state index contributed by atoms with van der Waals surface area (Å²) in [5, 5.41) is 34.0. The molecule has 0 heterocycles. The molecule has 5 N–H and O–H groups in total. The number of carbonyl (C=O) groups is 1. The highest BCUT2D eigenvalue weighted by Crippen LogP contribution is 2.25. The van der Waals surface area contributed by atoms with Gasteiger partial charge < -0.3 is 25.4 Å². The maximum absolute atomic E-state index is 11.4. The first kappa shape index (κ1) is 19.1. The summed E-state index contributed by atoms with van der Waals surface area (Å²) >= 11 is 0. The van der Waals surface area contributed by atoms with Crippen LogP contribution in [0.3, 0.4) is 0 Å². The zero-order chi connectivity index (χ0) is 16.2. The summed E-state index contributed by atoms with van der Waals surface area (Å²) in [6, 6.07) is 0. The van der Waals surface area contributed by atoms with Crippen LogP contribution in [0.4, 0.5) is 4.79 Å². The van der Waals surface area contributed by atoms with Gasteiger partial charge in [0.1, 0.15) is 5.60 Å². The first-order valence-corrected chi connectivity index (χ1v) is 6.59. The number of nitrogens with one attached hydrogen (secondary N) is 2. The van der Waals surface area contributed by atoms with Crippen LogP contribution < -0.4 is 10.6 Å². The van der Waals surface area contributed by atoms with Gasteiger partial charge in [-0.25, -0.2) is 4.79 Å². The topological polar surface area (TPSA) is 111 Å². The highest BCUT2D eigenvalue weighted by molar-refractivity contribution is 5.67. The van der Waals surface area contributed by atoms with Crippen molar-refractivity contribution in [2.75, 3.05) is 13.1 Å². The van der Waals surface area contributed by atoms with Crippen molar-refractivity contribution >= 4 is 6.09 Å². The molecular formula is C13H28N2O5. The van der Waals surface area contributed by atoms with Crippen LogP contribution >= 0.6 is 0 Å². The lowest BCUT2D eigenvalue weighted by molar-refractivity contribution is -0.251. The van der Waals surface area contributed by atoms with E-state index in [0.29, 0.717) is 0 Å². The fraction of sp³-hybridized carbons (Fsp3) is 0.923. The Hall–Kier alpha value is -0.890. The maximum atomic E-state index is 11.4. The fourth-order valence-electron chi connectivity index (χ4n) is 1.11. The molecule has 7 heteroatoms. The Morgan fingerprint density at radius 2 is 1.60 bits per heavy atom. The van der Waals surface area contributed by atoms with Gasteiger partial charge >= 0.3 is 6.09 Å². The predicted molar refractivity (Wildman–Crippen MR) is 74.9 cm³/mol. The SMILES string of the molecule is CC(C)(C)OC(=O)NCC(O)CNC(O)(O)C(C)(C)C. The van der Waals surface area contributed by atoms with Gasteiger partial charge in [-0.3, -0.25) is 5.32 Å². The van der Waals surface area contributed by atoms with Crippen molar-refractivity contribution < 1.29 is 24.9 Å². The van der Waals surface area contributed by atoms with Gasteiger partial charge in [0.05, 0.1) is 6.10 Å². The standard InChI is InChI=1S/C13H28N2O5/c1-11(2,3)13(18,19)15-8-9(16)7-14-10(17)20-12(4,5)6/h9,15-16,18-19H,7-8H2,1-6H3,(H,14,17). The molecule has 0 fully saturated rings. The van der Waals surface area contributed by atoms with Gasteiger partial charge in [-0.2, -0.15) is 0 Å². The first-order valence-electron chi connectivity index (χ1n) is 6.59. The Morgan fingerprint density at radius 3 is 2.00 bits per heavy atom. The van der Waals surface area contributed by atoms with Gasteiger partial charge in [0.15, 0.2) is 0 Å². The second kappa shape index (κ2) is 6.71. The largest absolute Gasteiger partial charge is 0.444 e. The van der Waals surface area contributed by atoms with Crippen LogP contribution in [0.1, 0.15) is 41.5 Å². The average Bonchev–Trinajstić information content (AvgIpc) is 2.19.